The molecule has 1 rings (SSSR count). The Balaban J connectivity index is 2.74. The van der Waals surface area contributed by atoms with Gasteiger partial charge in [-0.3, -0.25) is 4.79 Å². The van der Waals surface area contributed by atoms with Gasteiger partial charge in [0.1, 0.15) is 12.1 Å². The first-order chi connectivity index (χ1) is 4.33. The molecule has 2 heteroatoms. The van der Waals surface area contributed by atoms with Gasteiger partial charge in [0, 0.05) is 12.0 Å². The first-order valence-electron chi connectivity index (χ1n) is 2.84. The normalized spacial score (nSPS) is 18.3. The van der Waals surface area contributed by atoms with E-state index in [0.717, 1.165) is 0 Å². The molecule has 0 radical (unpaired) electrons. The van der Waals surface area contributed by atoms with Crippen LogP contribution in [0.15, 0.2) is 23.6 Å². The molecule has 0 aromatic carbocycles. The van der Waals surface area contributed by atoms with Gasteiger partial charge in [0.05, 0.1) is 0 Å². The van der Waals surface area contributed by atoms with Gasteiger partial charge in [0.2, 0.25) is 0 Å². The zero-order valence-corrected chi connectivity index (χ0v) is 4.93. The molecule has 0 unspecified atom stereocenters. The highest BCUT2D eigenvalue weighted by Gasteiger charge is 2.01. The van der Waals surface area contributed by atoms with E-state index >= 15 is 0 Å². The van der Waals surface area contributed by atoms with Crippen LogP contribution in [-0.4, -0.2) is 6.29 Å². The van der Waals surface area contributed by atoms with Gasteiger partial charge >= 0.3 is 0 Å². The lowest BCUT2D eigenvalue weighted by Gasteiger charge is -2.00. The van der Waals surface area contributed by atoms with Crippen molar-refractivity contribution in [2.75, 3.05) is 0 Å². The van der Waals surface area contributed by atoms with Crippen molar-refractivity contribution in [3.8, 4) is 0 Å². The maximum absolute atomic E-state index is 12.3. The van der Waals surface area contributed by atoms with Gasteiger partial charge in [0.25, 0.3) is 0 Å². The molecule has 1 aliphatic carbocycles. The van der Waals surface area contributed by atoms with Crippen LogP contribution >= 0.6 is 0 Å². The molecule has 9 heavy (non-hydrogen) atoms. The van der Waals surface area contributed by atoms with Crippen molar-refractivity contribution in [2.45, 2.75) is 12.8 Å². The molecule has 48 valence electrons. The van der Waals surface area contributed by atoms with Crippen LogP contribution in [0.1, 0.15) is 12.8 Å². The van der Waals surface area contributed by atoms with E-state index in [9.17, 15) is 9.18 Å². The zero-order chi connectivity index (χ0) is 6.69. The largest absolute Gasteiger partial charge is 0.298 e. The van der Waals surface area contributed by atoms with E-state index in [4.69, 9.17) is 0 Å². The summed E-state index contributed by atoms with van der Waals surface area (Å²) in [5.74, 6) is -0.195. The summed E-state index contributed by atoms with van der Waals surface area (Å²) in [7, 11) is 0. The second-order valence-corrected chi connectivity index (χ2v) is 1.95. The van der Waals surface area contributed by atoms with Crippen LogP contribution in [0, 0.1) is 0 Å². The number of halogens is 1. The summed E-state index contributed by atoms with van der Waals surface area (Å²) in [6.45, 7) is 0. The van der Waals surface area contributed by atoms with Crippen LogP contribution in [-0.2, 0) is 4.79 Å². The summed E-state index contributed by atoms with van der Waals surface area (Å²) in [5.41, 5.74) is 0.457. The fraction of sp³-hybridized carbons (Fsp3) is 0.286. The number of rotatable bonds is 1. The minimum absolute atomic E-state index is 0.195. The van der Waals surface area contributed by atoms with Gasteiger partial charge in [-0.1, -0.05) is 6.08 Å². The third-order valence-electron chi connectivity index (χ3n) is 1.22. The lowest BCUT2D eigenvalue weighted by molar-refractivity contribution is -0.104. The maximum atomic E-state index is 12.3. The minimum atomic E-state index is -0.195. The Bertz CT molecular complexity index is 179. The molecular weight excluding hydrogens is 119 g/mol. The lowest BCUT2D eigenvalue weighted by Crippen LogP contribution is -1.88. The van der Waals surface area contributed by atoms with E-state index in [0.29, 0.717) is 24.7 Å². The molecule has 0 aromatic heterocycles. The van der Waals surface area contributed by atoms with Crippen molar-refractivity contribution in [3.63, 3.8) is 0 Å². The van der Waals surface area contributed by atoms with Crippen molar-refractivity contribution < 1.29 is 9.18 Å². The Morgan fingerprint density at radius 1 is 1.67 bits per heavy atom. The SMILES string of the molecule is O=CC1=CCCC(F)=C1. The van der Waals surface area contributed by atoms with E-state index in [1.807, 2.05) is 0 Å². The van der Waals surface area contributed by atoms with Crippen LogP contribution in [0.2, 0.25) is 0 Å². The van der Waals surface area contributed by atoms with E-state index in [2.05, 4.69) is 0 Å². The highest BCUT2D eigenvalue weighted by Crippen LogP contribution is 2.15. The Labute approximate surface area is 52.9 Å². The summed E-state index contributed by atoms with van der Waals surface area (Å²) in [5, 5.41) is 0. The summed E-state index contributed by atoms with van der Waals surface area (Å²) >= 11 is 0. The molecule has 0 heterocycles. The number of hydrogen-bond donors (Lipinski definition) is 0. The molecule has 0 saturated carbocycles. The van der Waals surface area contributed by atoms with E-state index in [-0.39, 0.29) is 5.83 Å². The molecule has 1 aliphatic rings. The van der Waals surface area contributed by atoms with Gasteiger partial charge in [-0.05, 0) is 12.5 Å². The summed E-state index contributed by atoms with van der Waals surface area (Å²) < 4.78 is 12.3. The summed E-state index contributed by atoms with van der Waals surface area (Å²) in [6.07, 6.45) is 4.76. The molecule has 0 fully saturated rings. The first-order valence-corrected chi connectivity index (χ1v) is 2.84. The molecular formula is C7H7FO. The van der Waals surface area contributed by atoms with Gasteiger partial charge in [0.15, 0.2) is 0 Å². The number of hydrogen-bond acceptors (Lipinski definition) is 1. The van der Waals surface area contributed by atoms with E-state index in [1.54, 1.807) is 6.08 Å². The average molecular weight is 126 g/mol. The lowest BCUT2D eigenvalue weighted by atomic mass is 10.1. The van der Waals surface area contributed by atoms with Gasteiger partial charge in [-0.2, -0.15) is 0 Å². The molecule has 0 N–H and O–H groups in total. The van der Waals surface area contributed by atoms with Crippen molar-refractivity contribution in [3.05, 3.63) is 23.6 Å². The van der Waals surface area contributed by atoms with Gasteiger partial charge in [-0.15, -0.1) is 0 Å². The van der Waals surface area contributed by atoms with Crippen LogP contribution in [0.3, 0.4) is 0 Å². The van der Waals surface area contributed by atoms with Gasteiger partial charge in [-0.25, -0.2) is 4.39 Å². The fourth-order valence-electron chi connectivity index (χ4n) is 0.771. The number of carbonyl (C=O) groups excluding carboxylic acids is 1. The number of allylic oxidation sites excluding steroid dienone is 4. The molecule has 0 saturated heterocycles. The number of aldehydes is 1. The average Bonchev–Trinajstić information content (AvgIpc) is 1.88. The van der Waals surface area contributed by atoms with Gasteiger partial charge < -0.3 is 0 Å². The van der Waals surface area contributed by atoms with Crippen molar-refractivity contribution in [2.24, 2.45) is 0 Å². The van der Waals surface area contributed by atoms with Crippen LogP contribution in [0.25, 0.3) is 0 Å². The van der Waals surface area contributed by atoms with E-state index in [1.165, 1.54) is 6.08 Å². The van der Waals surface area contributed by atoms with Crippen LogP contribution in [0.4, 0.5) is 4.39 Å². The molecule has 0 spiro atoms. The monoisotopic (exact) mass is 126 g/mol. The highest BCUT2D eigenvalue weighted by molar-refractivity contribution is 5.77. The zero-order valence-electron chi connectivity index (χ0n) is 4.93. The van der Waals surface area contributed by atoms with E-state index < -0.39 is 0 Å². The molecule has 0 aromatic rings. The third-order valence-corrected chi connectivity index (χ3v) is 1.22. The van der Waals surface area contributed by atoms with Crippen molar-refractivity contribution >= 4 is 6.29 Å². The summed E-state index contributed by atoms with van der Waals surface area (Å²) in [4.78, 5) is 10.0. The molecule has 0 atom stereocenters. The predicted octanol–water partition coefficient (Wildman–Crippen LogP) is 1.76. The summed E-state index contributed by atoms with van der Waals surface area (Å²) in [6, 6.07) is 0. The standard InChI is InChI=1S/C7H7FO/c8-7-3-1-2-6(4-7)5-9/h2,4-5H,1,3H2. The van der Waals surface area contributed by atoms with Crippen LogP contribution in [0.5, 0.6) is 0 Å². The first kappa shape index (κ1) is 6.20. The Morgan fingerprint density at radius 2 is 2.44 bits per heavy atom. The smallest absolute Gasteiger partial charge is 0.149 e. The second-order valence-electron chi connectivity index (χ2n) is 1.95. The molecule has 1 nitrogen and oxygen atoms in total. The van der Waals surface area contributed by atoms with Crippen molar-refractivity contribution in [1.82, 2.24) is 0 Å². The Kier molecular flexibility index (Phi) is 1.78. The Morgan fingerprint density at radius 3 is 2.89 bits per heavy atom. The predicted molar refractivity (Wildman–Crippen MR) is 32.6 cm³/mol. The van der Waals surface area contributed by atoms with Crippen LogP contribution < -0.4 is 0 Å². The molecule has 0 amide bonds. The topological polar surface area (TPSA) is 17.1 Å². The molecule has 0 aliphatic heterocycles. The Hall–Kier alpha value is -0.920. The number of carbonyl (C=O) groups is 1. The fourth-order valence-corrected chi connectivity index (χ4v) is 0.771. The van der Waals surface area contributed by atoms with Crippen molar-refractivity contribution in [1.29, 1.82) is 0 Å². The second kappa shape index (κ2) is 2.58. The quantitative estimate of drug-likeness (QED) is 0.489. The maximum Gasteiger partial charge on any atom is 0.149 e. The minimum Gasteiger partial charge on any atom is -0.298 e. The third kappa shape index (κ3) is 1.49. The highest BCUT2D eigenvalue weighted by atomic mass is 19.1. The molecule has 0 bridgehead atoms.